The van der Waals surface area contributed by atoms with Crippen molar-refractivity contribution in [3.8, 4) is 11.5 Å². The van der Waals surface area contributed by atoms with E-state index >= 15 is 0 Å². The van der Waals surface area contributed by atoms with Gasteiger partial charge in [0.2, 0.25) is 0 Å². The second-order valence-electron chi connectivity index (χ2n) is 6.12. The summed E-state index contributed by atoms with van der Waals surface area (Å²) in [6, 6.07) is 11.6. The second kappa shape index (κ2) is 7.87. The van der Waals surface area contributed by atoms with Gasteiger partial charge in [-0.05, 0) is 47.5 Å². The molecule has 0 aromatic heterocycles. The van der Waals surface area contributed by atoms with E-state index in [0.29, 0.717) is 0 Å². The molecule has 29 heavy (non-hydrogen) atoms. The number of halogens is 4. The summed E-state index contributed by atoms with van der Waals surface area (Å²) in [6.07, 6.45) is 0. The van der Waals surface area contributed by atoms with Crippen LogP contribution in [0.5, 0.6) is 11.5 Å². The van der Waals surface area contributed by atoms with E-state index < -0.39 is 26.4 Å². The zero-order valence-corrected chi connectivity index (χ0v) is 18.1. The molecule has 0 amide bonds. The minimum atomic E-state index is -5.06. The first-order valence-corrected chi connectivity index (χ1v) is 10.8. The Morgan fingerprint density at radius 3 is 1.97 bits per heavy atom. The van der Waals surface area contributed by atoms with Crippen LogP contribution >= 0.6 is 46.4 Å². The highest BCUT2D eigenvalue weighted by atomic mass is 35.5. The van der Waals surface area contributed by atoms with Gasteiger partial charge in [-0.1, -0.05) is 64.6 Å². The van der Waals surface area contributed by atoms with Crippen molar-refractivity contribution < 1.29 is 23.2 Å². The minimum absolute atomic E-state index is 0.0112. The van der Waals surface area contributed by atoms with Crippen LogP contribution in [-0.2, 0) is 14.9 Å². The highest BCUT2D eigenvalue weighted by Gasteiger charge is 2.50. The van der Waals surface area contributed by atoms with E-state index in [4.69, 9.17) is 46.4 Å². The maximum absolute atomic E-state index is 12.9. The number of aromatic hydroxyl groups is 2. The highest BCUT2D eigenvalue weighted by molar-refractivity contribution is 7.87. The first-order valence-electron chi connectivity index (χ1n) is 7.89. The molecule has 3 aromatic carbocycles. The van der Waals surface area contributed by atoms with Crippen LogP contribution in [-0.4, -0.2) is 23.2 Å². The van der Waals surface area contributed by atoms with Crippen LogP contribution in [0.1, 0.15) is 16.7 Å². The number of phenols is 2. The van der Waals surface area contributed by atoms with Crippen molar-refractivity contribution in [3.63, 3.8) is 0 Å². The lowest BCUT2D eigenvalue weighted by Gasteiger charge is -2.33. The SMILES string of the molecule is O=S(=O)(O)C(c1cccc(Cl)c1)(c1cc(O)c(Cl)c(Cl)c1)c1ccc(Cl)cc1O. The average Bonchev–Trinajstić information content (AvgIpc) is 2.60. The van der Waals surface area contributed by atoms with Gasteiger partial charge in [0.1, 0.15) is 16.5 Å². The molecule has 0 fully saturated rings. The fourth-order valence-electron chi connectivity index (χ4n) is 3.20. The predicted molar refractivity (Wildman–Crippen MR) is 114 cm³/mol. The number of rotatable bonds is 4. The number of phenolic OH excluding ortho intramolecular Hbond substituents is 2. The van der Waals surface area contributed by atoms with E-state index in [2.05, 4.69) is 0 Å². The summed E-state index contributed by atoms with van der Waals surface area (Å²) in [4.78, 5) is 0. The Hall–Kier alpha value is -1.67. The molecule has 0 heterocycles. The molecule has 5 nitrogen and oxygen atoms in total. The van der Waals surface area contributed by atoms with Gasteiger partial charge in [-0.25, -0.2) is 0 Å². The van der Waals surface area contributed by atoms with Gasteiger partial charge >= 0.3 is 0 Å². The van der Waals surface area contributed by atoms with E-state index in [1.54, 1.807) is 0 Å². The summed E-state index contributed by atoms with van der Waals surface area (Å²) in [5, 5.41) is 20.7. The fraction of sp³-hybridized carbons (Fsp3) is 0.0526. The van der Waals surface area contributed by atoms with Crippen molar-refractivity contribution in [3.05, 3.63) is 91.4 Å². The third kappa shape index (κ3) is 3.77. The van der Waals surface area contributed by atoms with Crippen molar-refractivity contribution in [2.24, 2.45) is 0 Å². The van der Waals surface area contributed by atoms with Crippen LogP contribution in [0.2, 0.25) is 20.1 Å². The topological polar surface area (TPSA) is 94.8 Å². The Morgan fingerprint density at radius 1 is 0.759 bits per heavy atom. The van der Waals surface area contributed by atoms with Gasteiger partial charge in [0.25, 0.3) is 10.1 Å². The summed E-state index contributed by atoms with van der Waals surface area (Å²) in [5.74, 6) is -1.03. The molecule has 0 aliphatic carbocycles. The Kier molecular flexibility index (Phi) is 5.98. The molecule has 0 aliphatic rings. The van der Waals surface area contributed by atoms with Crippen LogP contribution in [0.25, 0.3) is 0 Å². The number of hydrogen-bond donors (Lipinski definition) is 3. The molecule has 1 unspecified atom stereocenters. The molecule has 0 radical (unpaired) electrons. The standard InChI is InChI=1S/C19H12Cl4O5S/c20-12-3-1-2-10(6-12)19(29(26,27)28,14-5-4-13(21)9-16(14)24)11-7-15(22)18(23)17(25)8-11/h1-9,24-25H,(H,26,27,28). The van der Waals surface area contributed by atoms with Gasteiger partial charge in [-0.3, -0.25) is 4.55 Å². The molecule has 1 atom stereocenters. The quantitative estimate of drug-likeness (QED) is 0.311. The first-order chi connectivity index (χ1) is 13.5. The molecular weight excluding hydrogens is 482 g/mol. The number of benzene rings is 3. The van der Waals surface area contributed by atoms with Gasteiger partial charge < -0.3 is 10.2 Å². The van der Waals surface area contributed by atoms with E-state index in [-0.39, 0.29) is 36.8 Å². The zero-order valence-electron chi connectivity index (χ0n) is 14.3. The molecule has 3 aromatic rings. The minimum Gasteiger partial charge on any atom is -0.508 e. The van der Waals surface area contributed by atoms with E-state index in [0.717, 1.165) is 12.1 Å². The van der Waals surface area contributed by atoms with Crippen molar-refractivity contribution in [1.82, 2.24) is 0 Å². The van der Waals surface area contributed by atoms with Gasteiger partial charge in [-0.15, -0.1) is 0 Å². The van der Waals surface area contributed by atoms with E-state index in [1.165, 1.54) is 42.5 Å². The Labute approximate surface area is 186 Å². The van der Waals surface area contributed by atoms with Crippen LogP contribution in [0.15, 0.2) is 54.6 Å². The van der Waals surface area contributed by atoms with Crippen LogP contribution in [0, 0.1) is 0 Å². The largest absolute Gasteiger partial charge is 0.508 e. The van der Waals surface area contributed by atoms with Crippen LogP contribution in [0.3, 0.4) is 0 Å². The summed E-state index contributed by atoms with van der Waals surface area (Å²) < 4.78 is 33.9. The third-order valence-electron chi connectivity index (χ3n) is 4.37. The molecular formula is C19H12Cl4O5S. The normalized spacial score (nSPS) is 13.8. The fourth-order valence-corrected chi connectivity index (χ4v) is 5.17. The molecule has 0 saturated heterocycles. The summed E-state index contributed by atoms with van der Waals surface area (Å²) >= 11 is 23.9. The molecule has 3 rings (SSSR count). The van der Waals surface area contributed by atoms with Gasteiger partial charge in [-0.2, -0.15) is 8.42 Å². The van der Waals surface area contributed by atoms with Crippen LogP contribution < -0.4 is 0 Å². The lowest BCUT2D eigenvalue weighted by molar-refractivity contribution is 0.439. The Balaban J connectivity index is 2.58. The first kappa shape index (κ1) is 22.0. The lowest BCUT2D eigenvalue weighted by atomic mass is 9.83. The summed E-state index contributed by atoms with van der Waals surface area (Å²) in [6.45, 7) is 0. The van der Waals surface area contributed by atoms with Crippen molar-refractivity contribution >= 4 is 56.5 Å². The van der Waals surface area contributed by atoms with Crippen LogP contribution in [0.4, 0.5) is 0 Å². The van der Waals surface area contributed by atoms with Crippen molar-refractivity contribution in [2.75, 3.05) is 0 Å². The maximum atomic E-state index is 12.9. The second-order valence-corrected chi connectivity index (χ2v) is 9.34. The van der Waals surface area contributed by atoms with E-state index in [9.17, 15) is 23.2 Å². The Morgan fingerprint density at radius 2 is 1.41 bits per heavy atom. The van der Waals surface area contributed by atoms with Crippen molar-refractivity contribution in [1.29, 1.82) is 0 Å². The summed E-state index contributed by atoms with van der Waals surface area (Å²) in [7, 11) is -5.06. The average molecular weight is 494 g/mol. The van der Waals surface area contributed by atoms with E-state index in [1.807, 2.05) is 0 Å². The lowest BCUT2D eigenvalue weighted by Crippen LogP contribution is -2.38. The van der Waals surface area contributed by atoms with Gasteiger partial charge in [0, 0.05) is 15.6 Å². The smallest absolute Gasteiger partial charge is 0.283 e. The predicted octanol–water partition coefficient (Wildman–Crippen LogP) is 5.89. The maximum Gasteiger partial charge on any atom is 0.283 e. The molecule has 0 spiro atoms. The monoisotopic (exact) mass is 492 g/mol. The molecule has 0 saturated carbocycles. The highest BCUT2D eigenvalue weighted by Crippen LogP contribution is 2.50. The van der Waals surface area contributed by atoms with Gasteiger partial charge in [0.05, 0.1) is 5.02 Å². The molecule has 10 heteroatoms. The molecule has 0 aliphatic heterocycles. The summed E-state index contributed by atoms with van der Waals surface area (Å²) in [5.41, 5.74) is -0.417. The van der Waals surface area contributed by atoms with Crippen molar-refractivity contribution in [2.45, 2.75) is 4.75 Å². The molecule has 152 valence electrons. The third-order valence-corrected chi connectivity index (χ3v) is 7.10. The number of hydrogen-bond acceptors (Lipinski definition) is 4. The zero-order chi connectivity index (χ0) is 21.6. The van der Waals surface area contributed by atoms with Gasteiger partial charge in [0.15, 0.2) is 4.75 Å². The molecule has 3 N–H and O–H groups in total. The Bertz CT molecular complexity index is 1190. The molecule has 0 bridgehead atoms.